The Balaban J connectivity index is 2.88. The van der Waals surface area contributed by atoms with Gasteiger partial charge in [0.1, 0.15) is 5.39 Å². The Morgan fingerprint density at radius 1 is 1.24 bits per heavy atom. The number of pyridine rings is 1. The van der Waals surface area contributed by atoms with Gasteiger partial charge in [0.2, 0.25) is 5.91 Å². The molecule has 0 spiro atoms. The van der Waals surface area contributed by atoms with E-state index < -0.39 is 11.2 Å². The van der Waals surface area contributed by atoms with Crippen molar-refractivity contribution in [3.8, 4) is 0 Å². The van der Waals surface area contributed by atoms with Gasteiger partial charge in [-0.2, -0.15) is 0 Å². The number of nitrogens with one attached hydrogen (secondary N) is 1. The van der Waals surface area contributed by atoms with Crippen LogP contribution < -0.4 is 16.6 Å². The van der Waals surface area contributed by atoms with Crippen LogP contribution >= 0.6 is 0 Å². The second-order valence-corrected chi connectivity index (χ2v) is 5.36. The zero-order chi connectivity index (χ0) is 15.9. The molecule has 0 saturated carbocycles. The van der Waals surface area contributed by atoms with Crippen molar-refractivity contribution in [2.45, 2.75) is 20.8 Å². The average molecular weight is 290 g/mol. The minimum absolute atomic E-state index is 0.193. The fourth-order valence-corrected chi connectivity index (χ4v) is 2.05. The summed E-state index contributed by atoms with van der Waals surface area (Å²) in [5.74, 6) is -0.412. The number of amides is 1. The first-order chi connectivity index (χ1) is 9.75. The maximum Gasteiger partial charge on any atom is 0.332 e. The Hall–Kier alpha value is -2.44. The van der Waals surface area contributed by atoms with Gasteiger partial charge < -0.3 is 5.32 Å². The molecule has 1 N–H and O–H groups in total. The third kappa shape index (κ3) is 2.35. The highest BCUT2D eigenvalue weighted by Crippen LogP contribution is 2.22. The molecule has 7 nitrogen and oxygen atoms in total. The average Bonchev–Trinajstić information content (AvgIpc) is 2.44. The third-order valence-electron chi connectivity index (χ3n) is 3.43. The number of aryl methyl sites for hydroxylation is 2. The molecule has 0 aromatic carbocycles. The van der Waals surface area contributed by atoms with Crippen LogP contribution in [0.1, 0.15) is 19.4 Å². The molecule has 1 amide bonds. The van der Waals surface area contributed by atoms with Crippen LogP contribution in [0.4, 0.5) is 5.69 Å². The number of nitrogens with zero attached hydrogens (tertiary/aromatic N) is 3. The van der Waals surface area contributed by atoms with Gasteiger partial charge in [-0.3, -0.25) is 18.7 Å². The van der Waals surface area contributed by atoms with Gasteiger partial charge in [-0.25, -0.2) is 9.78 Å². The summed E-state index contributed by atoms with van der Waals surface area (Å²) in [6.45, 7) is 5.29. The molecule has 112 valence electrons. The van der Waals surface area contributed by atoms with E-state index in [1.807, 2.05) is 0 Å². The maximum absolute atomic E-state index is 12.4. The molecule has 0 radical (unpaired) electrons. The van der Waals surface area contributed by atoms with Gasteiger partial charge in [-0.1, -0.05) is 13.8 Å². The lowest BCUT2D eigenvalue weighted by molar-refractivity contribution is -0.118. The summed E-state index contributed by atoms with van der Waals surface area (Å²) in [5.41, 5.74) is 0.420. The van der Waals surface area contributed by atoms with Crippen LogP contribution in [0.3, 0.4) is 0 Å². The van der Waals surface area contributed by atoms with Gasteiger partial charge in [0.25, 0.3) is 5.56 Å². The van der Waals surface area contributed by atoms with E-state index in [0.717, 1.165) is 4.57 Å². The number of fused-ring (bicyclic) bond motifs is 1. The minimum atomic E-state index is -0.469. The van der Waals surface area contributed by atoms with E-state index in [1.165, 1.54) is 17.8 Å². The molecule has 21 heavy (non-hydrogen) atoms. The molecule has 0 fully saturated rings. The molecule has 0 saturated heterocycles. The van der Waals surface area contributed by atoms with E-state index >= 15 is 0 Å². The molecule has 0 atom stereocenters. The van der Waals surface area contributed by atoms with Gasteiger partial charge in [0.15, 0.2) is 5.65 Å². The molecular formula is C14H18N4O3. The summed E-state index contributed by atoms with van der Waals surface area (Å²) < 4.78 is 2.30. The summed E-state index contributed by atoms with van der Waals surface area (Å²) in [6.07, 6.45) is 1.54. The Kier molecular flexibility index (Phi) is 3.67. The van der Waals surface area contributed by atoms with Crippen LogP contribution in [0.25, 0.3) is 11.0 Å². The molecule has 0 bridgehead atoms. The molecule has 0 unspecified atom stereocenters. The fraction of sp³-hybridized carbons (Fsp3) is 0.429. The lowest BCUT2D eigenvalue weighted by Crippen LogP contribution is -2.38. The summed E-state index contributed by atoms with van der Waals surface area (Å²) in [4.78, 5) is 40.4. The molecule has 2 aromatic heterocycles. The van der Waals surface area contributed by atoms with E-state index in [-0.39, 0.29) is 22.9 Å². The number of aromatic nitrogens is 3. The quantitative estimate of drug-likeness (QED) is 0.874. The van der Waals surface area contributed by atoms with Crippen LogP contribution in [0, 0.1) is 12.8 Å². The van der Waals surface area contributed by atoms with Crippen molar-refractivity contribution >= 4 is 22.6 Å². The molecule has 0 aliphatic heterocycles. The molecule has 2 aromatic rings. The van der Waals surface area contributed by atoms with E-state index in [9.17, 15) is 14.4 Å². The smallest absolute Gasteiger partial charge is 0.325 e. The van der Waals surface area contributed by atoms with Gasteiger partial charge in [-0.05, 0) is 12.5 Å². The van der Waals surface area contributed by atoms with Crippen LogP contribution in [-0.4, -0.2) is 20.0 Å². The van der Waals surface area contributed by atoms with Gasteiger partial charge in [0, 0.05) is 26.2 Å². The number of hydrogen-bond donors (Lipinski definition) is 1. The van der Waals surface area contributed by atoms with Gasteiger partial charge in [0.05, 0.1) is 5.69 Å². The Morgan fingerprint density at radius 3 is 2.43 bits per heavy atom. The summed E-state index contributed by atoms with van der Waals surface area (Å²) >= 11 is 0. The van der Waals surface area contributed by atoms with E-state index in [0.29, 0.717) is 11.3 Å². The standard InChI is InChI=1S/C14H18N4O3/c1-7(2)12(19)16-10-8(3)6-15-11-9(10)13(20)18(5)14(21)17(11)4/h6-7H,1-5H3,(H,15,16,19). The molecule has 0 aliphatic rings. The van der Waals surface area contributed by atoms with Gasteiger partial charge >= 0.3 is 5.69 Å². The highest BCUT2D eigenvalue weighted by molar-refractivity contribution is 6.01. The summed E-state index contributed by atoms with van der Waals surface area (Å²) in [5, 5.41) is 3.00. The van der Waals surface area contributed by atoms with Crippen molar-refractivity contribution in [2.24, 2.45) is 20.0 Å². The second kappa shape index (κ2) is 5.16. The molecule has 7 heteroatoms. The lowest BCUT2D eigenvalue weighted by Gasteiger charge is -2.14. The molecular weight excluding hydrogens is 272 g/mol. The van der Waals surface area contributed by atoms with Crippen molar-refractivity contribution in [3.63, 3.8) is 0 Å². The van der Waals surface area contributed by atoms with Crippen LogP contribution in [0.2, 0.25) is 0 Å². The highest BCUT2D eigenvalue weighted by Gasteiger charge is 2.18. The SMILES string of the molecule is Cc1cnc2c(c1NC(=O)C(C)C)c(=O)n(C)c(=O)n2C. The minimum Gasteiger partial charge on any atom is -0.325 e. The van der Waals surface area contributed by atoms with E-state index in [2.05, 4.69) is 10.3 Å². The third-order valence-corrected chi connectivity index (χ3v) is 3.43. The van der Waals surface area contributed by atoms with E-state index in [4.69, 9.17) is 0 Å². The van der Waals surface area contributed by atoms with Crippen LogP contribution in [0.15, 0.2) is 15.8 Å². The zero-order valence-corrected chi connectivity index (χ0v) is 12.7. The zero-order valence-electron chi connectivity index (χ0n) is 12.7. The molecule has 2 heterocycles. The predicted molar refractivity (Wildman–Crippen MR) is 80.4 cm³/mol. The maximum atomic E-state index is 12.4. The first-order valence-corrected chi connectivity index (χ1v) is 6.62. The topological polar surface area (TPSA) is 86.0 Å². The number of carbonyl (C=O) groups excluding carboxylic acids is 1. The Labute approximate surface area is 121 Å². The largest absolute Gasteiger partial charge is 0.332 e. The number of rotatable bonds is 2. The lowest BCUT2D eigenvalue weighted by atomic mass is 10.1. The van der Waals surface area contributed by atoms with Gasteiger partial charge in [-0.15, -0.1) is 0 Å². The Bertz CT molecular complexity index is 846. The molecule has 2 rings (SSSR count). The number of hydrogen-bond acceptors (Lipinski definition) is 4. The predicted octanol–water partition coefficient (Wildman–Crippen LogP) is 0.535. The van der Waals surface area contributed by atoms with Crippen molar-refractivity contribution in [1.82, 2.24) is 14.1 Å². The van der Waals surface area contributed by atoms with E-state index in [1.54, 1.807) is 27.8 Å². The van der Waals surface area contributed by atoms with Crippen LogP contribution in [-0.2, 0) is 18.9 Å². The molecule has 0 aliphatic carbocycles. The first kappa shape index (κ1) is 15.0. The Morgan fingerprint density at radius 2 is 1.86 bits per heavy atom. The highest BCUT2D eigenvalue weighted by atomic mass is 16.2. The van der Waals surface area contributed by atoms with Crippen molar-refractivity contribution in [3.05, 3.63) is 32.6 Å². The second-order valence-electron chi connectivity index (χ2n) is 5.36. The van der Waals surface area contributed by atoms with Crippen molar-refractivity contribution in [2.75, 3.05) is 5.32 Å². The number of anilines is 1. The van der Waals surface area contributed by atoms with Crippen LogP contribution in [0.5, 0.6) is 0 Å². The monoisotopic (exact) mass is 290 g/mol. The fourth-order valence-electron chi connectivity index (χ4n) is 2.05. The first-order valence-electron chi connectivity index (χ1n) is 6.62. The normalized spacial score (nSPS) is 11.1. The summed E-state index contributed by atoms with van der Waals surface area (Å²) in [7, 11) is 2.95. The van der Waals surface area contributed by atoms with Crippen molar-refractivity contribution < 1.29 is 4.79 Å². The number of carbonyl (C=O) groups is 1. The summed E-state index contributed by atoms with van der Waals surface area (Å²) in [6, 6.07) is 0. The van der Waals surface area contributed by atoms with Crippen molar-refractivity contribution in [1.29, 1.82) is 0 Å².